The molecule has 0 amide bonds. The van der Waals surface area contributed by atoms with E-state index in [1.165, 1.54) is 18.4 Å². The number of fused-ring (bicyclic) bond motifs is 2. The lowest BCUT2D eigenvalue weighted by Crippen LogP contribution is -2.44. The topological polar surface area (TPSA) is 33.7 Å². The van der Waals surface area contributed by atoms with Gasteiger partial charge in [0.05, 0.1) is 12.2 Å². The fourth-order valence-corrected chi connectivity index (χ4v) is 3.12. The van der Waals surface area contributed by atoms with Gasteiger partial charge in [0.2, 0.25) is 0 Å². The van der Waals surface area contributed by atoms with Crippen LogP contribution >= 0.6 is 0 Å². The molecule has 2 aliphatic heterocycles. The highest BCUT2D eigenvalue weighted by Crippen LogP contribution is 2.25. The van der Waals surface area contributed by atoms with Gasteiger partial charge in [-0.2, -0.15) is 0 Å². The second kappa shape index (κ2) is 6.57. The lowest BCUT2D eigenvalue weighted by molar-refractivity contribution is -0.0408. The van der Waals surface area contributed by atoms with Crippen LogP contribution in [0.4, 0.5) is 0 Å². The predicted octanol–water partition coefficient (Wildman–Crippen LogP) is 1.65. The molecule has 0 aliphatic carbocycles. The molecule has 2 atom stereocenters. The molecule has 0 radical (unpaired) electrons. The summed E-state index contributed by atoms with van der Waals surface area (Å²) in [7, 11) is 1.96. The van der Waals surface area contributed by atoms with Gasteiger partial charge < -0.3 is 14.8 Å². The molecule has 2 bridgehead atoms. The first-order valence-electron chi connectivity index (χ1n) is 7.57. The SMILES string of the molecule is CNCc1cccc(OCCN2CC3CCC(C2)O3)c1. The Morgan fingerprint density at radius 3 is 2.85 bits per heavy atom. The van der Waals surface area contributed by atoms with Gasteiger partial charge in [0.15, 0.2) is 0 Å². The van der Waals surface area contributed by atoms with E-state index in [1.54, 1.807) is 0 Å². The van der Waals surface area contributed by atoms with E-state index < -0.39 is 0 Å². The summed E-state index contributed by atoms with van der Waals surface area (Å²) < 4.78 is 11.7. The first-order valence-corrected chi connectivity index (χ1v) is 7.57. The maximum absolute atomic E-state index is 5.88. The third-order valence-electron chi connectivity index (χ3n) is 4.07. The molecule has 1 N–H and O–H groups in total. The van der Waals surface area contributed by atoms with Gasteiger partial charge in [-0.3, -0.25) is 4.90 Å². The Bertz CT molecular complexity index is 426. The molecular formula is C16H24N2O2. The van der Waals surface area contributed by atoms with Crippen LogP contribution in [0.2, 0.25) is 0 Å². The van der Waals surface area contributed by atoms with E-state index in [0.717, 1.165) is 38.5 Å². The molecule has 4 heteroatoms. The molecule has 2 heterocycles. The Labute approximate surface area is 121 Å². The number of hydrogen-bond donors (Lipinski definition) is 1. The van der Waals surface area contributed by atoms with Gasteiger partial charge in [-0.1, -0.05) is 12.1 Å². The van der Waals surface area contributed by atoms with Crippen LogP contribution in [0.15, 0.2) is 24.3 Å². The number of morpholine rings is 1. The molecule has 4 nitrogen and oxygen atoms in total. The number of likely N-dealkylation sites (tertiary alicyclic amines) is 1. The summed E-state index contributed by atoms with van der Waals surface area (Å²) in [6.45, 7) is 4.76. The van der Waals surface area contributed by atoms with E-state index in [2.05, 4.69) is 28.4 Å². The molecule has 110 valence electrons. The highest BCUT2D eigenvalue weighted by molar-refractivity contribution is 5.28. The smallest absolute Gasteiger partial charge is 0.119 e. The van der Waals surface area contributed by atoms with Crippen molar-refractivity contribution in [1.82, 2.24) is 10.2 Å². The molecular weight excluding hydrogens is 252 g/mol. The Kier molecular flexibility index (Phi) is 4.55. The van der Waals surface area contributed by atoms with Crippen LogP contribution in [-0.4, -0.2) is 50.4 Å². The zero-order chi connectivity index (χ0) is 13.8. The van der Waals surface area contributed by atoms with Crippen molar-refractivity contribution in [2.24, 2.45) is 0 Å². The van der Waals surface area contributed by atoms with Crippen LogP contribution < -0.4 is 10.1 Å². The van der Waals surface area contributed by atoms with E-state index in [4.69, 9.17) is 9.47 Å². The molecule has 3 rings (SSSR count). The average Bonchev–Trinajstić information content (AvgIpc) is 2.79. The third-order valence-corrected chi connectivity index (χ3v) is 4.07. The van der Waals surface area contributed by atoms with Crippen molar-refractivity contribution in [1.29, 1.82) is 0 Å². The highest BCUT2D eigenvalue weighted by atomic mass is 16.5. The zero-order valence-electron chi connectivity index (χ0n) is 12.2. The maximum Gasteiger partial charge on any atom is 0.119 e. The molecule has 0 aromatic heterocycles. The van der Waals surface area contributed by atoms with Gasteiger partial charge in [0.1, 0.15) is 12.4 Å². The van der Waals surface area contributed by atoms with E-state index in [9.17, 15) is 0 Å². The predicted molar refractivity (Wildman–Crippen MR) is 79.0 cm³/mol. The van der Waals surface area contributed by atoms with Gasteiger partial charge in [-0.15, -0.1) is 0 Å². The minimum Gasteiger partial charge on any atom is -0.492 e. The Morgan fingerprint density at radius 2 is 2.10 bits per heavy atom. The maximum atomic E-state index is 5.88. The molecule has 20 heavy (non-hydrogen) atoms. The molecule has 1 aromatic rings. The summed E-state index contributed by atoms with van der Waals surface area (Å²) in [6.07, 6.45) is 3.39. The first kappa shape index (κ1) is 13.9. The van der Waals surface area contributed by atoms with Crippen molar-refractivity contribution in [3.05, 3.63) is 29.8 Å². The molecule has 2 saturated heterocycles. The zero-order valence-corrected chi connectivity index (χ0v) is 12.2. The summed E-state index contributed by atoms with van der Waals surface area (Å²) >= 11 is 0. The van der Waals surface area contributed by atoms with E-state index in [0.29, 0.717) is 12.2 Å². The Morgan fingerprint density at radius 1 is 1.30 bits per heavy atom. The van der Waals surface area contributed by atoms with Crippen LogP contribution in [0.3, 0.4) is 0 Å². The van der Waals surface area contributed by atoms with Crippen molar-refractivity contribution in [2.45, 2.75) is 31.6 Å². The van der Waals surface area contributed by atoms with Crippen molar-refractivity contribution in [2.75, 3.05) is 33.3 Å². The van der Waals surface area contributed by atoms with Crippen molar-refractivity contribution in [3.8, 4) is 5.75 Å². The quantitative estimate of drug-likeness (QED) is 0.856. The van der Waals surface area contributed by atoms with Crippen molar-refractivity contribution < 1.29 is 9.47 Å². The normalized spacial score (nSPS) is 25.9. The van der Waals surface area contributed by atoms with Crippen molar-refractivity contribution in [3.63, 3.8) is 0 Å². The second-order valence-corrected chi connectivity index (χ2v) is 5.74. The number of ether oxygens (including phenoxy) is 2. The van der Waals surface area contributed by atoms with Crippen LogP contribution in [0, 0.1) is 0 Å². The largest absolute Gasteiger partial charge is 0.492 e. The third kappa shape index (κ3) is 3.51. The minimum absolute atomic E-state index is 0.465. The fraction of sp³-hybridized carbons (Fsp3) is 0.625. The molecule has 2 fully saturated rings. The number of nitrogens with one attached hydrogen (secondary N) is 1. The molecule has 2 unspecified atom stereocenters. The van der Waals surface area contributed by atoms with Gasteiger partial charge in [-0.05, 0) is 37.6 Å². The number of hydrogen-bond acceptors (Lipinski definition) is 4. The number of rotatable bonds is 6. The van der Waals surface area contributed by atoms with Gasteiger partial charge in [0, 0.05) is 26.2 Å². The van der Waals surface area contributed by atoms with Gasteiger partial charge >= 0.3 is 0 Å². The summed E-state index contributed by atoms with van der Waals surface area (Å²) in [5.41, 5.74) is 1.26. The minimum atomic E-state index is 0.465. The average molecular weight is 276 g/mol. The van der Waals surface area contributed by atoms with Crippen LogP contribution in [0.25, 0.3) is 0 Å². The van der Waals surface area contributed by atoms with Crippen LogP contribution in [-0.2, 0) is 11.3 Å². The summed E-state index contributed by atoms with van der Waals surface area (Å²) in [5, 5.41) is 3.16. The summed E-state index contributed by atoms with van der Waals surface area (Å²) in [4.78, 5) is 2.48. The Balaban J connectivity index is 1.44. The molecule has 0 spiro atoms. The van der Waals surface area contributed by atoms with Crippen molar-refractivity contribution >= 4 is 0 Å². The molecule has 2 aliphatic rings. The van der Waals surface area contributed by atoms with E-state index >= 15 is 0 Å². The number of nitrogens with zero attached hydrogens (tertiary/aromatic N) is 1. The lowest BCUT2D eigenvalue weighted by atomic mass is 10.2. The summed E-state index contributed by atoms with van der Waals surface area (Å²) in [5.74, 6) is 0.967. The number of benzene rings is 1. The van der Waals surface area contributed by atoms with E-state index in [1.807, 2.05) is 13.1 Å². The van der Waals surface area contributed by atoms with Gasteiger partial charge in [-0.25, -0.2) is 0 Å². The lowest BCUT2D eigenvalue weighted by Gasteiger charge is -2.31. The second-order valence-electron chi connectivity index (χ2n) is 5.74. The van der Waals surface area contributed by atoms with Crippen LogP contribution in [0.5, 0.6) is 5.75 Å². The van der Waals surface area contributed by atoms with Gasteiger partial charge in [0.25, 0.3) is 0 Å². The first-order chi connectivity index (χ1) is 9.83. The monoisotopic (exact) mass is 276 g/mol. The fourth-order valence-electron chi connectivity index (χ4n) is 3.12. The summed E-state index contributed by atoms with van der Waals surface area (Å²) in [6, 6.07) is 8.31. The molecule has 0 saturated carbocycles. The Hall–Kier alpha value is -1.10. The standard InChI is InChI=1S/C16H24N2O2/c1-17-10-13-3-2-4-14(9-13)19-8-7-18-11-15-5-6-16(12-18)20-15/h2-4,9,15-17H,5-8,10-12H2,1H3. The van der Waals surface area contributed by atoms with Crippen LogP contribution in [0.1, 0.15) is 18.4 Å². The van der Waals surface area contributed by atoms with E-state index in [-0.39, 0.29) is 0 Å². The molecule has 1 aromatic carbocycles. The highest BCUT2D eigenvalue weighted by Gasteiger charge is 2.33.